The highest BCUT2D eigenvalue weighted by Crippen LogP contribution is 2.25. The van der Waals surface area contributed by atoms with Crippen LogP contribution in [0.25, 0.3) is 0 Å². The van der Waals surface area contributed by atoms with Crippen molar-refractivity contribution in [1.82, 2.24) is 5.32 Å². The number of carbonyl (C=O) groups is 1. The molecule has 0 saturated heterocycles. The predicted octanol–water partition coefficient (Wildman–Crippen LogP) is 4.97. The third-order valence-electron chi connectivity index (χ3n) is 3.36. The number of amides is 2. The van der Waals surface area contributed by atoms with E-state index in [0.717, 1.165) is 6.42 Å². The fraction of sp³-hybridized carbons (Fsp3) is 0.235. The quantitative estimate of drug-likeness (QED) is 0.812. The standard InChI is InChI=1S/C17H18Cl2N2O/c1-11-3-4-13(12(2)9-11)7-8-20-17(22)21-16-6-5-14(18)10-15(16)19/h3-6,9-10H,7-8H2,1-2H3,(H2,20,21,22). The highest BCUT2D eigenvalue weighted by Gasteiger charge is 2.06. The van der Waals surface area contributed by atoms with Gasteiger partial charge in [0.05, 0.1) is 10.7 Å². The first-order valence-corrected chi connectivity index (χ1v) is 7.77. The molecule has 0 spiro atoms. The van der Waals surface area contributed by atoms with Gasteiger partial charge in [-0.25, -0.2) is 4.79 Å². The van der Waals surface area contributed by atoms with E-state index in [-0.39, 0.29) is 6.03 Å². The largest absolute Gasteiger partial charge is 0.338 e. The van der Waals surface area contributed by atoms with Crippen LogP contribution in [-0.4, -0.2) is 12.6 Å². The maximum Gasteiger partial charge on any atom is 0.319 e. The lowest BCUT2D eigenvalue weighted by Crippen LogP contribution is -2.30. The molecular formula is C17H18Cl2N2O. The van der Waals surface area contributed by atoms with E-state index in [1.807, 2.05) is 0 Å². The molecule has 3 nitrogen and oxygen atoms in total. The van der Waals surface area contributed by atoms with Gasteiger partial charge in [-0.15, -0.1) is 0 Å². The number of hydrogen-bond acceptors (Lipinski definition) is 1. The van der Waals surface area contributed by atoms with Crippen LogP contribution in [0.2, 0.25) is 10.0 Å². The first-order valence-electron chi connectivity index (χ1n) is 7.02. The van der Waals surface area contributed by atoms with Crippen LogP contribution < -0.4 is 10.6 Å². The fourth-order valence-electron chi connectivity index (χ4n) is 2.19. The number of carbonyl (C=O) groups excluding carboxylic acids is 1. The first kappa shape index (κ1) is 16.7. The van der Waals surface area contributed by atoms with Crippen LogP contribution in [0.5, 0.6) is 0 Å². The summed E-state index contributed by atoms with van der Waals surface area (Å²) in [5, 5.41) is 6.48. The minimum Gasteiger partial charge on any atom is -0.338 e. The minimum atomic E-state index is -0.283. The molecular weight excluding hydrogens is 319 g/mol. The van der Waals surface area contributed by atoms with E-state index < -0.39 is 0 Å². The van der Waals surface area contributed by atoms with Crippen molar-refractivity contribution in [2.45, 2.75) is 20.3 Å². The molecule has 0 aliphatic heterocycles. The van der Waals surface area contributed by atoms with Crippen molar-refractivity contribution in [3.05, 3.63) is 63.1 Å². The maximum absolute atomic E-state index is 11.9. The average molecular weight is 337 g/mol. The molecule has 2 aromatic carbocycles. The zero-order valence-electron chi connectivity index (χ0n) is 12.5. The molecule has 5 heteroatoms. The molecule has 2 rings (SSSR count). The topological polar surface area (TPSA) is 41.1 Å². The van der Waals surface area contributed by atoms with E-state index >= 15 is 0 Å². The number of benzene rings is 2. The third-order valence-corrected chi connectivity index (χ3v) is 3.91. The van der Waals surface area contributed by atoms with E-state index in [1.54, 1.807) is 18.2 Å². The highest BCUT2D eigenvalue weighted by molar-refractivity contribution is 6.36. The van der Waals surface area contributed by atoms with Crippen LogP contribution in [0.1, 0.15) is 16.7 Å². The van der Waals surface area contributed by atoms with Crippen molar-refractivity contribution >= 4 is 34.9 Å². The van der Waals surface area contributed by atoms with Crippen molar-refractivity contribution in [2.24, 2.45) is 0 Å². The van der Waals surface area contributed by atoms with E-state index in [2.05, 4.69) is 42.7 Å². The Labute approximate surface area is 140 Å². The number of aryl methyl sites for hydroxylation is 2. The molecule has 0 unspecified atom stereocenters. The first-order chi connectivity index (χ1) is 10.5. The van der Waals surface area contributed by atoms with E-state index in [9.17, 15) is 4.79 Å². The summed E-state index contributed by atoms with van der Waals surface area (Å²) in [6.45, 7) is 4.70. The Balaban J connectivity index is 1.85. The Morgan fingerprint density at radius 3 is 2.55 bits per heavy atom. The third kappa shape index (κ3) is 4.65. The molecule has 22 heavy (non-hydrogen) atoms. The molecule has 116 valence electrons. The second kappa shape index (κ2) is 7.52. The number of urea groups is 1. The van der Waals surface area contributed by atoms with E-state index in [4.69, 9.17) is 23.2 Å². The Morgan fingerprint density at radius 2 is 1.86 bits per heavy atom. The van der Waals surface area contributed by atoms with Crippen LogP contribution in [-0.2, 0) is 6.42 Å². The lowest BCUT2D eigenvalue weighted by atomic mass is 10.0. The van der Waals surface area contributed by atoms with Crippen molar-refractivity contribution in [2.75, 3.05) is 11.9 Å². The molecule has 0 bridgehead atoms. The molecule has 0 aliphatic rings. The van der Waals surface area contributed by atoms with E-state index in [0.29, 0.717) is 22.3 Å². The average Bonchev–Trinajstić information content (AvgIpc) is 2.44. The molecule has 0 aliphatic carbocycles. The molecule has 0 fully saturated rings. The zero-order valence-corrected chi connectivity index (χ0v) is 14.1. The lowest BCUT2D eigenvalue weighted by Gasteiger charge is -2.10. The Kier molecular flexibility index (Phi) is 5.69. The Bertz CT molecular complexity index is 686. The lowest BCUT2D eigenvalue weighted by molar-refractivity contribution is 0.252. The highest BCUT2D eigenvalue weighted by atomic mass is 35.5. The maximum atomic E-state index is 11.9. The van der Waals surface area contributed by atoms with Crippen molar-refractivity contribution in [3.63, 3.8) is 0 Å². The minimum absolute atomic E-state index is 0.283. The predicted molar refractivity (Wildman–Crippen MR) is 93.1 cm³/mol. The van der Waals surface area contributed by atoms with Gasteiger partial charge >= 0.3 is 6.03 Å². The normalized spacial score (nSPS) is 10.4. The molecule has 0 saturated carbocycles. The summed E-state index contributed by atoms with van der Waals surface area (Å²) in [7, 11) is 0. The van der Waals surface area contributed by atoms with Crippen molar-refractivity contribution < 1.29 is 4.79 Å². The van der Waals surface area contributed by atoms with Gasteiger partial charge in [-0.1, -0.05) is 47.0 Å². The van der Waals surface area contributed by atoms with Crippen molar-refractivity contribution in [3.8, 4) is 0 Å². The Morgan fingerprint density at radius 1 is 1.09 bits per heavy atom. The van der Waals surface area contributed by atoms with Crippen molar-refractivity contribution in [1.29, 1.82) is 0 Å². The molecule has 0 atom stereocenters. The van der Waals surface area contributed by atoms with Gasteiger partial charge < -0.3 is 10.6 Å². The summed E-state index contributed by atoms with van der Waals surface area (Å²) in [5.41, 5.74) is 4.25. The Hall–Kier alpha value is -1.71. The molecule has 2 N–H and O–H groups in total. The van der Waals surface area contributed by atoms with Gasteiger partial charge in [-0.2, -0.15) is 0 Å². The van der Waals surface area contributed by atoms with Crippen LogP contribution in [0.3, 0.4) is 0 Å². The van der Waals surface area contributed by atoms with Crippen LogP contribution in [0.4, 0.5) is 10.5 Å². The molecule has 0 heterocycles. The number of rotatable bonds is 4. The zero-order chi connectivity index (χ0) is 16.1. The molecule has 0 radical (unpaired) electrons. The van der Waals surface area contributed by atoms with Gasteiger partial charge in [0.15, 0.2) is 0 Å². The number of nitrogens with one attached hydrogen (secondary N) is 2. The molecule has 2 amide bonds. The summed E-state index contributed by atoms with van der Waals surface area (Å²) in [6.07, 6.45) is 0.786. The van der Waals surface area contributed by atoms with Gasteiger partial charge in [0.1, 0.15) is 0 Å². The second-order valence-electron chi connectivity index (χ2n) is 5.19. The van der Waals surface area contributed by atoms with Gasteiger partial charge in [0.25, 0.3) is 0 Å². The monoisotopic (exact) mass is 336 g/mol. The smallest absolute Gasteiger partial charge is 0.319 e. The van der Waals surface area contributed by atoms with Gasteiger partial charge in [-0.3, -0.25) is 0 Å². The SMILES string of the molecule is Cc1ccc(CCNC(=O)Nc2ccc(Cl)cc2Cl)c(C)c1. The summed E-state index contributed by atoms with van der Waals surface area (Å²) in [6, 6.07) is 11.0. The van der Waals surface area contributed by atoms with Gasteiger partial charge in [0, 0.05) is 11.6 Å². The van der Waals surface area contributed by atoms with Crippen LogP contribution in [0.15, 0.2) is 36.4 Å². The number of hydrogen-bond donors (Lipinski definition) is 2. The summed E-state index contributed by atoms with van der Waals surface area (Å²) < 4.78 is 0. The summed E-state index contributed by atoms with van der Waals surface area (Å²) in [4.78, 5) is 11.9. The number of halogens is 2. The molecule has 2 aromatic rings. The number of anilines is 1. The summed E-state index contributed by atoms with van der Waals surface area (Å²) >= 11 is 11.8. The van der Waals surface area contributed by atoms with Gasteiger partial charge in [-0.05, 0) is 49.6 Å². The van der Waals surface area contributed by atoms with Gasteiger partial charge in [0.2, 0.25) is 0 Å². The summed E-state index contributed by atoms with van der Waals surface area (Å²) in [5.74, 6) is 0. The molecule has 0 aromatic heterocycles. The van der Waals surface area contributed by atoms with Crippen LogP contribution in [0, 0.1) is 13.8 Å². The van der Waals surface area contributed by atoms with Crippen LogP contribution >= 0.6 is 23.2 Å². The fourth-order valence-corrected chi connectivity index (χ4v) is 2.65. The second-order valence-corrected chi connectivity index (χ2v) is 6.03. The van der Waals surface area contributed by atoms with E-state index in [1.165, 1.54) is 16.7 Å².